The van der Waals surface area contributed by atoms with Crippen molar-refractivity contribution >= 4 is 11.8 Å². The maximum Gasteiger partial charge on any atom is 0.328 e. The van der Waals surface area contributed by atoms with Crippen molar-refractivity contribution < 1.29 is 24.9 Å². The minimum Gasteiger partial charge on any atom is -0.478 e. The maximum absolute atomic E-state index is 10.8. The predicted octanol–water partition coefficient (Wildman–Crippen LogP) is -1.14. The average Bonchev–Trinajstić information content (AvgIpc) is 2.29. The summed E-state index contributed by atoms with van der Waals surface area (Å²) in [5.41, 5.74) is 0.111. The number of carboxylic acid groups (broad SMARTS) is 1. The summed E-state index contributed by atoms with van der Waals surface area (Å²) in [6.45, 7) is 0. The molecule has 0 aromatic rings. The topological polar surface area (TPSA) is 94.8 Å². The van der Waals surface area contributed by atoms with Gasteiger partial charge >= 0.3 is 5.97 Å². The second-order valence-corrected chi connectivity index (χ2v) is 2.61. The summed E-state index contributed by atoms with van der Waals surface area (Å²) in [7, 11) is 0. The normalized spacial score (nSPS) is 28.2. The molecular formula is C8H8O5. The summed E-state index contributed by atoms with van der Waals surface area (Å²) in [6, 6.07) is 0. The molecule has 0 aliphatic heterocycles. The van der Waals surface area contributed by atoms with E-state index in [1.807, 2.05) is 0 Å². The average molecular weight is 184 g/mol. The molecule has 0 saturated carbocycles. The largest absolute Gasteiger partial charge is 0.478 e. The summed E-state index contributed by atoms with van der Waals surface area (Å²) < 4.78 is 0. The molecule has 2 atom stereocenters. The van der Waals surface area contributed by atoms with Gasteiger partial charge in [0.1, 0.15) is 12.2 Å². The molecule has 0 aromatic carbocycles. The molecule has 0 fully saturated rings. The number of hydrogen-bond donors (Lipinski definition) is 3. The molecule has 0 saturated heterocycles. The minimum atomic E-state index is -1.46. The molecule has 3 N–H and O–H groups in total. The van der Waals surface area contributed by atoms with Crippen molar-refractivity contribution in [2.45, 2.75) is 12.2 Å². The van der Waals surface area contributed by atoms with Crippen molar-refractivity contribution in [3.8, 4) is 0 Å². The van der Waals surface area contributed by atoms with Crippen molar-refractivity contribution in [2.24, 2.45) is 0 Å². The van der Waals surface area contributed by atoms with E-state index < -0.39 is 24.0 Å². The molecule has 1 aliphatic rings. The van der Waals surface area contributed by atoms with Crippen molar-refractivity contribution in [1.82, 2.24) is 0 Å². The number of rotatable bonds is 2. The Labute approximate surface area is 73.6 Å². The Morgan fingerprint density at radius 3 is 2.38 bits per heavy atom. The maximum atomic E-state index is 10.8. The van der Waals surface area contributed by atoms with Crippen LogP contribution in [0.5, 0.6) is 0 Å². The zero-order chi connectivity index (χ0) is 10.0. The van der Waals surface area contributed by atoms with Gasteiger partial charge in [-0.1, -0.05) is 0 Å². The van der Waals surface area contributed by atoms with Crippen molar-refractivity contribution in [1.29, 1.82) is 0 Å². The van der Waals surface area contributed by atoms with Crippen LogP contribution >= 0.6 is 0 Å². The first-order chi connectivity index (χ1) is 6.02. The van der Waals surface area contributed by atoms with E-state index in [1.165, 1.54) is 0 Å². The van der Waals surface area contributed by atoms with Crippen molar-refractivity contribution in [3.63, 3.8) is 0 Å². The molecule has 1 unspecified atom stereocenters. The summed E-state index contributed by atoms with van der Waals surface area (Å²) in [4.78, 5) is 20.9. The number of carbonyl (C=O) groups excluding carboxylic acids is 1. The second-order valence-electron chi connectivity index (χ2n) is 2.61. The molecule has 5 nitrogen and oxygen atoms in total. The third-order valence-electron chi connectivity index (χ3n) is 1.66. The highest BCUT2D eigenvalue weighted by Crippen LogP contribution is 2.17. The van der Waals surface area contributed by atoms with E-state index in [-0.39, 0.29) is 5.57 Å². The number of aliphatic carboxylic acids is 1. The van der Waals surface area contributed by atoms with E-state index in [9.17, 15) is 9.59 Å². The Kier molecular flexibility index (Phi) is 2.60. The molecule has 0 heterocycles. The van der Waals surface area contributed by atoms with E-state index >= 15 is 0 Å². The van der Waals surface area contributed by atoms with Gasteiger partial charge in [0.2, 0.25) is 0 Å². The van der Waals surface area contributed by atoms with Gasteiger partial charge in [0.05, 0.1) is 0 Å². The Bertz CT molecular complexity index is 302. The predicted molar refractivity (Wildman–Crippen MR) is 41.9 cm³/mol. The summed E-state index contributed by atoms with van der Waals surface area (Å²) >= 11 is 0. The van der Waals surface area contributed by atoms with Crippen LogP contribution in [-0.2, 0) is 9.59 Å². The standard InChI is InChI=1S/C8H8O5/c9-5-3-4(1-2-6(10)11)7(12)8(5)13/h1-3,7-8,12-13H,(H,10,11)/b2-1+/t7?,8-/m1/s1. The Hall–Kier alpha value is -1.46. The molecule has 0 spiro atoms. The van der Waals surface area contributed by atoms with Crippen LogP contribution in [-0.4, -0.2) is 39.3 Å². The molecule has 1 rings (SSSR count). The number of ketones is 1. The molecule has 0 aromatic heterocycles. The Balaban J connectivity index is 2.78. The van der Waals surface area contributed by atoms with Gasteiger partial charge < -0.3 is 15.3 Å². The number of carbonyl (C=O) groups is 2. The Morgan fingerprint density at radius 1 is 1.38 bits per heavy atom. The summed E-state index contributed by atoms with van der Waals surface area (Å²) in [5.74, 6) is -1.79. The number of carboxylic acids is 1. The number of hydrogen-bond acceptors (Lipinski definition) is 4. The molecule has 0 radical (unpaired) electrons. The first-order valence-electron chi connectivity index (χ1n) is 3.55. The SMILES string of the molecule is O=C(O)/C=C/C1=CC(=O)[C@@H](O)C1O. The van der Waals surface area contributed by atoms with Gasteiger partial charge in [0.25, 0.3) is 0 Å². The van der Waals surface area contributed by atoms with Crippen LogP contribution in [0.3, 0.4) is 0 Å². The zero-order valence-electron chi connectivity index (χ0n) is 6.54. The zero-order valence-corrected chi connectivity index (χ0v) is 6.54. The fraction of sp³-hybridized carbons (Fsp3) is 0.250. The fourth-order valence-electron chi connectivity index (χ4n) is 0.987. The van der Waals surface area contributed by atoms with E-state index in [2.05, 4.69) is 0 Å². The van der Waals surface area contributed by atoms with Gasteiger partial charge in [-0.05, 0) is 17.7 Å². The second kappa shape index (κ2) is 3.51. The van der Waals surface area contributed by atoms with Crippen LogP contribution in [0.2, 0.25) is 0 Å². The van der Waals surface area contributed by atoms with Gasteiger partial charge in [-0.2, -0.15) is 0 Å². The lowest BCUT2D eigenvalue weighted by molar-refractivity contribution is -0.131. The molecule has 70 valence electrons. The molecule has 5 heteroatoms. The van der Waals surface area contributed by atoms with E-state index in [4.69, 9.17) is 15.3 Å². The molecule has 1 aliphatic carbocycles. The van der Waals surface area contributed by atoms with Crippen LogP contribution < -0.4 is 0 Å². The number of aliphatic hydroxyl groups is 2. The molecule has 13 heavy (non-hydrogen) atoms. The lowest BCUT2D eigenvalue weighted by Crippen LogP contribution is -2.27. The smallest absolute Gasteiger partial charge is 0.328 e. The van der Waals surface area contributed by atoms with Crippen LogP contribution in [0, 0.1) is 0 Å². The highest BCUT2D eigenvalue weighted by molar-refractivity contribution is 5.98. The highest BCUT2D eigenvalue weighted by atomic mass is 16.4. The lowest BCUT2D eigenvalue weighted by Gasteiger charge is -2.07. The van der Waals surface area contributed by atoms with E-state index in [0.717, 1.165) is 18.2 Å². The van der Waals surface area contributed by atoms with Crippen LogP contribution in [0.1, 0.15) is 0 Å². The quantitative estimate of drug-likeness (QED) is 0.471. The van der Waals surface area contributed by atoms with Gasteiger partial charge in [-0.25, -0.2) is 4.79 Å². The molecule has 0 amide bonds. The van der Waals surface area contributed by atoms with Crippen LogP contribution in [0.15, 0.2) is 23.8 Å². The first-order valence-corrected chi connectivity index (χ1v) is 3.55. The van der Waals surface area contributed by atoms with Crippen LogP contribution in [0.25, 0.3) is 0 Å². The van der Waals surface area contributed by atoms with Gasteiger partial charge in [-0.3, -0.25) is 4.79 Å². The van der Waals surface area contributed by atoms with Gasteiger partial charge in [0.15, 0.2) is 5.78 Å². The van der Waals surface area contributed by atoms with Gasteiger partial charge in [0, 0.05) is 6.08 Å². The summed E-state index contributed by atoms with van der Waals surface area (Å²) in [6.07, 6.45) is 0.118. The minimum absolute atomic E-state index is 0.111. The lowest BCUT2D eigenvalue weighted by atomic mass is 10.1. The summed E-state index contributed by atoms with van der Waals surface area (Å²) in [5, 5.41) is 26.4. The number of aliphatic hydroxyl groups excluding tert-OH is 2. The molecular weight excluding hydrogens is 176 g/mol. The third kappa shape index (κ3) is 2.01. The van der Waals surface area contributed by atoms with E-state index in [0.29, 0.717) is 0 Å². The van der Waals surface area contributed by atoms with Gasteiger partial charge in [-0.15, -0.1) is 0 Å². The monoisotopic (exact) mass is 184 g/mol. The van der Waals surface area contributed by atoms with Crippen molar-refractivity contribution in [2.75, 3.05) is 0 Å². The first kappa shape index (κ1) is 9.63. The van der Waals surface area contributed by atoms with Crippen LogP contribution in [0.4, 0.5) is 0 Å². The van der Waals surface area contributed by atoms with Crippen molar-refractivity contribution in [3.05, 3.63) is 23.8 Å². The Morgan fingerprint density at radius 2 is 2.00 bits per heavy atom. The fourth-order valence-corrected chi connectivity index (χ4v) is 0.987. The molecule has 0 bridgehead atoms. The van der Waals surface area contributed by atoms with E-state index in [1.54, 1.807) is 0 Å². The highest BCUT2D eigenvalue weighted by Gasteiger charge is 2.31. The third-order valence-corrected chi connectivity index (χ3v) is 1.66.